The number of nitrogens with zero attached hydrogens (tertiary/aromatic N) is 1. The molecule has 0 fully saturated rings. The first-order valence-electron chi connectivity index (χ1n) is 11.6. The maximum absolute atomic E-state index is 9.74. The zero-order chi connectivity index (χ0) is 23.4. The van der Waals surface area contributed by atoms with E-state index in [2.05, 4.69) is 28.1 Å². The third-order valence-electron chi connectivity index (χ3n) is 4.98. The van der Waals surface area contributed by atoms with Gasteiger partial charge in [0, 0.05) is 0 Å². The van der Waals surface area contributed by atoms with Gasteiger partial charge < -0.3 is 29.7 Å². The second-order valence-corrected chi connectivity index (χ2v) is 9.16. The molecule has 7 heteroatoms. The molecule has 0 aliphatic rings. The van der Waals surface area contributed by atoms with Crippen LogP contribution in [0.2, 0.25) is 0 Å². The Morgan fingerprint density at radius 3 is 1.27 bits per heavy atom. The topological polar surface area (TPSA) is 118 Å². The van der Waals surface area contributed by atoms with Crippen molar-refractivity contribution in [3.63, 3.8) is 0 Å². The van der Waals surface area contributed by atoms with Crippen molar-refractivity contribution in [1.82, 2.24) is 0 Å². The molecule has 0 saturated carbocycles. The fraction of sp³-hybridized carbons (Fsp3) is 0.913. The van der Waals surface area contributed by atoms with Crippen LogP contribution in [0.1, 0.15) is 96.8 Å². The SMILES string of the molecule is CCCCCCCCCCCCCCCC[N+](C)(C)C.O=C([O-])C(O)C(O)C(=O)O. The van der Waals surface area contributed by atoms with E-state index in [1.165, 1.54) is 96.4 Å². The van der Waals surface area contributed by atoms with Gasteiger partial charge in [-0.05, 0) is 12.8 Å². The molecule has 0 amide bonds. The molecule has 2 unspecified atom stereocenters. The van der Waals surface area contributed by atoms with Crippen molar-refractivity contribution in [2.24, 2.45) is 0 Å². The van der Waals surface area contributed by atoms with Gasteiger partial charge in [-0.25, -0.2) is 4.79 Å². The van der Waals surface area contributed by atoms with E-state index in [0.717, 1.165) is 4.48 Å². The number of hydrogen-bond donors (Lipinski definition) is 3. The number of hydrogen-bond acceptors (Lipinski definition) is 5. The van der Waals surface area contributed by atoms with E-state index >= 15 is 0 Å². The van der Waals surface area contributed by atoms with E-state index in [0.29, 0.717) is 0 Å². The number of rotatable bonds is 18. The average molecular weight is 434 g/mol. The molecule has 7 nitrogen and oxygen atoms in total. The largest absolute Gasteiger partial charge is 0.547 e. The van der Waals surface area contributed by atoms with Crippen LogP contribution in [0, 0.1) is 0 Å². The first kappa shape index (κ1) is 31.0. The summed E-state index contributed by atoms with van der Waals surface area (Å²) < 4.78 is 1.12. The molecule has 30 heavy (non-hydrogen) atoms. The Morgan fingerprint density at radius 1 is 0.700 bits per heavy atom. The van der Waals surface area contributed by atoms with Crippen LogP contribution in [0.3, 0.4) is 0 Å². The number of aliphatic hydroxyl groups excluding tert-OH is 2. The molecule has 0 saturated heterocycles. The highest BCUT2D eigenvalue weighted by Gasteiger charge is 2.24. The Labute approximate surface area is 183 Å². The monoisotopic (exact) mass is 433 g/mol. The van der Waals surface area contributed by atoms with Crippen LogP contribution < -0.4 is 5.11 Å². The first-order valence-corrected chi connectivity index (χ1v) is 11.6. The fourth-order valence-electron chi connectivity index (χ4n) is 3.04. The van der Waals surface area contributed by atoms with Crippen LogP contribution in [0.15, 0.2) is 0 Å². The minimum absolute atomic E-state index is 1.12. The number of unbranched alkanes of at least 4 members (excludes halogenated alkanes) is 13. The van der Waals surface area contributed by atoms with Gasteiger partial charge in [0.1, 0.15) is 6.10 Å². The van der Waals surface area contributed by atoms with Crippen molar-refractivity contribution in [3.8, 4) is 0 Å². The van der Waals surface area contributed by atoms with Gasteiger partial charge in [-0.15, -0.1) is 0 Å². The van der Waals surface area contributed by atoms with Crippen molar-refractivity contribution >= 4 is 11.9 Å². The Morgan fingerprint density at radius 2 is 1.03 bits per heavy atom. The summed E-state index contributed by atoms with van der Waals surface area (Å²) in [5.74, 6) is -3.83. The van der Waals surface area contributed by atoms with Gasteiger partial charge in [0.2, 0.25) is 0 Å². The summed E-state index contributed by atoms with van der Waals surface area (Å²) in [6, 6.07) is 0. The molecule has 2 atom stereocenters. The fourth-order valence-corrected chi connectivity index (χ4v) is 3.04. The molecule has 0 aromatic heterocycles. The van der Waals surface area contributed by atoms with Crippen LogP contribution in [-0.4, -0.2) is 71.6 Å². The molecule has 3 N–H and O–H groups in total. The Kier molecular flexibility index (Phi) is 20.4. The zero-order valence-electron chi connectivity index (χ0n) is 19.8. The second-order valence-electron chi connectivity index (χ2n) is 9.16. The quantitative estimate of drug-likeness (QED) is 0.226. The molecule has 0 aliphatic heterocycles. The van der Waals surface area contributed by atoms with Crippen LogP contribution in [0.4, 0.5) is 0 Å². The standard InChI is InChI=1S/C19H42N.C4H6O6/c1-5-6-7-8-9-10-11-12-13-14-15-16-17-18-19-20(2,3)4;5-1(3(7)8)2(6)4(9)10/h5-19H2,1-4H3;1-2,5-6H,(H,7,8)(H,9,10)/q+1;/p-1. The summed E-state index contributed by atoms with van der Waals surface area (Å²) in [6.07, 6.45) is 15.7. The lowest BCUT2D eigenvalue weighted by molar-refractivity contribution is -0.870. The van der Waals surface area contributed by atoms with Crippen LogP contribution in [0.5, 0.6) is 0 Å². The molecule has 180 valence electrons. The lowest BCUT2D eigenvalue weighted by Gasteiger charge is -2.23. The molecule has 0 heterocycles. The van der Waals surface area contributed by atoms with Crippen LogP contribution >= 0.6 is 0 Å². The van der Waals surface area contributed by atoms with Crippen molar-refractivity contribution in [1.29, 1.82) is 0 Å². The van der Waals surface area contributed by atoms with Gasteiger partial charge in [0.15, 0.2) is 6.10 Å². The van der Waals surface area contributed by atoms with Crippen LogP contribution in [-0.2, 0) is 9.59 Å². The number of aliphatic hydroxyl groups is 2. The molecule has 0 aromatic rings. The number of carboxylic acids is 2. The lowest BCUT2D eigenvalue weighted by Crippen LogP contribution is -2.46. The Bertz CT molecular complexity index is 404. The molecular weight excluding hydrogens is 386 g/mol. The third kappa shape index (κ3) is 23.1. The van der Waals surface area contributed by atoms with E-state index in [-0.39, 0.29) is 0 Å². The molecular formula is C23H47NO6. The third-order valence-corrected chi connectivity index (χ3v) is 4.98. The molecule has 0 spiro atoms. The van der Waals surface area contributed by atoms with Gasteiger partial charge in [-0.2, -0.15) is 0 Å². The lowest BCUT2D eigenvalue weighted by atomic mass is 10.0. The Hall–Kier alpha value is -1.18. The van der Waals surface area contributed by atoms with E-state index in [1.807, 2.05) is 0 Å². The Balaban J connectivity index is 0. The summed E-state index contributed by atoms with van der Waals surface area (Å²) in [5, 5.41) is 34.1. The minimum Gasteiger partial charge on any atom is -0.547 e. The van der Waals surface area contributed by atoms with E-state index < -0.39 is 24.1 Å². The molecule has 0 aliphatic carbocycles. The van der Waals surface area contributed by atoms with Crippen molar-refractivity contribution < 1.29 is 34.5 Å². The van der Waals surface area contributed by atoms with Crippen molar-refractivity contribution in [2.75, 3.05) is 27.7 Å². The molecule has 0 radical (unpaired) electrons. The van der Waals surface area contributed by atoms with Gasteiger partial charge >= 0.3 is 5.97 Å². The smallest absolute Gasteiger partial charge is 0.335 e. The number of aliphatic carboxylic acids is 2. The maximum Gasteiger partial charge on any atom is 0.335 e. The van der Waals surface area contributed by atoms with Gasteiger partial charge in [0.25, 0.3) is 0 Å². The van der Waals surface area contributed by atoms with Gasteiger partial charge in [-0.3, -0.25) is 0 Å². The summed E-state index contributed by atoms with van der Waals surface area (Å²) in [5.41, 5.74) is 0. The highest BCUT2D eigenvalue weighted by atomic mass is 16.4. The number of carboxylic acid groups (broad SMARTS) is 2. The minimum atomic E-state index is -2.38. The van der Waals surface area contributed by atoms with E-state index in [9.17, 15) is 14.7 Å². The number of quaternary nitrogens is 1. The normalized spacial score (nSPS) is 13.3. The average Bonchev–Trinajstić information content (AvgIpc) is 2.66. The molecule has 0 rings (SSSR count). The summed E-state index contributed by atoms with van der Waals surface area (Å²) >= 11 is 0. The number of carbonyl (C=O) groups excluding carboxylic acids is 1. The van der Waals surface area contributed by atoms with E-state index in [1.54, 1.807) is 0 Å². The molecule has 0 bridgehead atoms. The number of carbonyl (C=O) groups is 2. The zero-order valence-corrected chi connectivity index (χ0v) is 19.8. The first-order chi connectivity index (χ1) is 14.0. The predicted octanol–water partition coefficient (Wildman–Crippen LogP) is 2.72. The van der Waals surface area contributed by atoms with E-state index in [4.69, 9.17) is 15.3 Å². The highest BCUT2D eigenvalue weighted by Crippen LogP contribution is 2.13. The second kappa shape index (κ2) is 19.8. The maximum atomic E-state index is 9.74. The van der Waals surface area contributed by atoms with Crippen molar-refractivity contribution in [2.45, 2.75) is 109 Å². The molecule has 0 aromatic carbocycles. The summed E-state index contributed by atoms with van der Waals surface area (Å²) in [6.45, 7) is 3.63. The predicted molar refractivity (Wildman–Crippen MR) is 118 cm³/mol. The summed E-state index contributed by atoms with van der Waals surface area (Å²) in [4.78, 5) is 19.4. The highest BCUT2D eigenvalue weighted by molar-refractivity contribution is 5.82. The van der Waals surface area contributed by atoms with Gasteiger partial charge in [0.05, 0.1) is 33.7 Å². The van der Waals surface area contributed by atoms with Crippen LogP contribution in [0.25, 0.3) is 0 Å². The summed E-state index contributed by atoms with van der Waals surface area (Å²) in [7, 11) is 6.88. The van der Waals surface area contributed by atoms with Gasteiger partial charge in [-0.1, -0.05) is 84.0 Å². The van der Waals surface area contributed by atoms with Crippen molar-refractivity contribution in [3.05, 3.63) is 0 Å².